The maximum atomic E-state index is 12.7. The molecule has 0 bridgehead atoms. The molecular formula is C21H25F3N4O3S. The number of anilines is 2. The van der Waals surface area contributed by atoms with Crippen LogP contribution in [0.1, 0.15) is 34.1 Å². The lowest BCUT2D eigenvalue weighted by Crippen LogP contribution is -2.36. The molecule has 32 heavy (non-hydrogen) atoms. The van der Waals surface area contributed by atoms with Crippen molar-refractivity contribution in [1.29, 1.82) is 0 Å². The van der Waals surface area contributed by atoms with E-state index in [-0.39, 0.29) is 19.1 Å². The summed E-state index contributed by atoms with van der Waals surface area (Å²) in [5.74, 6) is -0.104. The first-order valence-electron chi connectivity index (χ1n) is 10.3. The number of esters is 1. The maximum Gasteiger partial charge on any atom is 0.417 e. The summed E-state index contributed by atoms with van der Waals surface area (Å²) in [6.07, 6.45) is -2.81. The molecule has 11 heteroatoms. The minimum atomic E-state index is -4.41. The molecule has 1 aliphatic rings. The summed E-state index contributed by atoms with van der Waals surface area (Å²) in [6.45, 7) is 6.44. The van der Waals surface area contributed by atoms with Gasteiger partial charge >= 0.3 is 12.1 Å². The normalized spacial score (nSPS) is 15.3. The second-order valence-electron chi connectivity index (χ2n) is 7.41. The summed E-state index contributed by atoms with van der Waals surface area (Å²) < 4.78 is 43.2. The monoisotopic (exact) mass is 470 g/mol. The number of hydrogen-bond acceptors (Lipinski definition) is 7. The van der Waals surface area contributed by atoms with Gasteiger partial charge in [0.1, 0.15) is 10.7 Å². The Kier molecular flexibility index (Phi) is 7.73. The van der Waals surface area contributed by atoms with Gasteiger partial charge in [-0.1, -0.05) is 0 Å². The Labute approximate surface area is 188 Å². The molecular weight excluding hydrogens is 445 g/mol. The van der Waals surface area contributed by atoms with Gasteiger partial charge in [0.05, 0.1) is 23.7 Å². The number of nitrogens with zero attached hydrogens (tertiary/aromatic N) is 3. The molecule has 3 heterocycles. The Morgan fingerprint density at radius 3 is 2.66 bits per heavy atom. The molecule has 1 fully saturated rings. The Balaban J connectivity index is 1.53. The summed E-state index contributed by atoms with van der Waals surface area (Å²) in [7, 11) is 0. The zero-order valence-electron chi connectivity index (χ0n) is 17.9. The van der Waals surface area contributed by atoms with Gasteiger partial charge in [0.15, 0.2) is 0 Å². The van der Waals surface area contributed by atoms with Crippen LogP contribution in [0.2, 0.25) is 0 Å². The fourth-order valence-electron chi connectivity index (χ4n) is 3.42. The Morgan fingerprint density at radius 2 is 2.00 bits per heavy atom. The SMILES string of the molecule is CCOC(=O)c1sc(NC(=O)CN2CCCN(c3ccc(C(F)(F)F)cn3)CC2)cc1C. The molecule has 1 aliphatic heterocycles. The van der Waals surface area contributed by atoms with Crippen LogP contribution >= 0.6 is 11.3 Å². The third-order valence-corrected chi connectivity index (χ3v) is 6.13. The molecule has 1 saturated heterocycles. The molecule has 1 amide bonds. The lowest BCUT2D eigenvalue weighted by atomic mass is 10.2. The quantitative estimate of drug-likeness (QED) is 0.648. The van der Waals surface area contributed by atoms with E-state index in [2.05, 4.69) is 10.3 Å². The zero-order chi connectivity index (χ0) is 23.3. The van der Waals surface area contributed by atoms with Gasteiger partial charge in [-0.05, 0) is 44.0 Å². The molecule has 0 radical (unpaired) electrons. The van der Waals surface area contributed by atoms with E-state index in [1.165, 1.54) is 17.4 Å². The first kappa shape index (κ1) is 24.0. The van der Waals surface area contributed by atoms with E-state index >= 15 is 0 Å². The van der Waals surface area contributed by atoms with E-state index in [0.717, 1.165) is 24.2 Å². The van der Waals surface area contributed by atoms with E-state index in [4.69, 9.17) is 4.74 Å². The highest BCUT2D eigenvalue weighted by Gasteiger charge is 2.31. The van der Waals surface area contributed by atoms with Crippen LogP contribution in [0.4, 0.5) is 24.0 Å². The van der Waals surface area contributed by atoms with Crippen molar-refractivity contribution in [2.75, 3.05) is 49.5 Å². The van der Waals surface area contributed by atoms with Crippen LogP contribution in [0, 0.1) is 6.92 Å². The molecule has 0 unspecified atom stereocenters. The second-order valence-corrected chi connectivity index (χ2v) is 8.46. The van der Waals surface area contributed by atoms with Crippen molar-refractivity contribution >= 4 is 34.0 Å². The Morgan fingerprint density at radius 1 is 1.22 bits per heavy atom. The molecule has 0 aliphatic carbocycles. The summed E-state index contributed by atoms with van der Waals surface area (Å²) in [4.78, 5) is 32.8. The van der Waals surface area contributed by atoms with Gasteiger partial charge in [-0.3, -0.25) is 9.69 Å². The number of alkyl halides is 3. The number of amides is 1. The van der Waals surface area contributed by atoms with E-state index in [9.17, 15) is 22.8 Å². The standard InChI is InChI=1S/C21H25F3N4O3S/c1-3-31-20(30)19-14(2)11-18(32-19)26-17(29)13-27-7-4-8-28(10-9-27)16-6-5-15(12-25-16)21(22,23)24/h5-6,11-12H,3-4,7-10,13H2,1-2H3,(H,26,29). The number of hydrogen-bond donors (Lipinski definition) is 1. The molecule has 3 rings (SSSR count). The van der Waals surface area contributed by atoms with Crippen LogP contribution in [0.25, 0.3) is 0 Å². The van der Waals surface area contributed by atoms with Gasteiger partial charge in [0.25, 0.3) is 0 Å². The Hall–Kier alpha value is -2.66. The summed E-state index contributed by atoms with van der Waals surface area (Å²) >= 11 is 1.18. The molecule has 2 aromatic heterocycles. The van der Waals surface area contributed by atoms with Gasteiger partial charge in [-0.25, -0.2) is 9.78 Å². The maximum absolute atomic E-state index is 12.7. The van der Waals surface area contributed by atoms with Crippen molar-refractivity contribution in [2.24, 2.45) is 0 Å². The average molecular weight is 471 g/mol. The highest BCUT2D eigenvalue weighted by molar-refractivity contribution is 7.18. The number of thiophene rings is 1. The number of aryl methyl sites for hydroxylation is 1. The van der Waals surface area contributed by atoms with Crippen LogP contribution in [0.5, 0.6) is 0 Å². The number of rotatable bonds is 6. The molecule has 0 atom stereocenters. The van der Waals surface area contributed by atoms with Gasteiger partial charge in [-0.15, -0.1) is 11.3 Å². The van der Waals surface area contributed by atoms with Crippen LogP contribution in [-0.4, -0.2) is 61.1 Å². The fourth-order valence-corrected chi connectivity index (χ4v) is 4.40. The van der Waals surface area contributed by atoms with E-state index in [1.807, 2.05) is 9.80 Å². The smallest absolute Gasteiger partial charge is 0.417 e. The predicted molar refractivity (Wildman–Crippen MR) is 116 cm³/mol. The number of aromatic nitrogens is 1. The minimum Gasteiger partial charge on any atom is -0.462 e. The summed E-state index contributed by atoms with van der Waals surface area (Å²) in [5.41, 5.74) is -0.0255. The number of halogens is 3. The molecule has 0 spiro atoms. The fraction of sp³-hybridized carbons (Fsp3) is 0.476. The van der Waals surface area contributed by atoms with Crippen LogP contribution in [0.15, 0.2) is 24.4 Å². The largest absolute Gasteiger partial charge is 0.462 e. The topological polar surface area (TPSA) is 74.8 Å². The third kappa shape index (κ3) is 6.19. The highest BCUT2D eigenvalue weighted by atomic mass is 32.1. The first-order valence-corrected chi connectivity index (χ1v) is 11.1. The van der Waals surface area contributed by atoms with Crippen molar-refractivity contribution in [3.8, 4) is 0 Å². The van der Waals surface area contributed by atoms with E-state index in [1.54, 1.807) is 19.9 Å². The number of nitrogens with one attached hydrogen (secondary N) is 1. The van der Waals surface area contributed by atoms with Gasteiger partial charge in [0, 0.05) is 32.4 Å². The van der Waals surface area contributed by atoms with Gasteiger partial charge < -0.3 is 15.0 Å². The van der Waals surface area contributed by atoms with Gasteiger partial charge in [-0.2, -0.15) is 13.2 Å². The van der Waals surface area contributed by atoms with Crippen LogP contribution < -0.4 is 10.2 Å². The molecule has 0 aromatic carbocycles. The van der Waals surface area contributed by atoms with Crippen molar-refractivity contribution in [3.05, 3.63) is 40.4 Å². The molecule has 174 valence electrons. The van der Waals surface area contributed by atoms with Crippen molar-refractivity contribution < 1.29 is 27.5 Å². The molecule has 7 nitrogen and oxygen atoms in total. The first-order chi connectivity index (χ1) is 15.2. The van der Waals surface area contributed by atoms with Crippen LogP contribution in [-0.2, 0) is 15.7 Å². The predicted octanol–water partition coefficient (Wildman–Crippen LogP) is 3.80. The minimum absolute atomic E-state index is 0.181. The highest BCUT2D eigenvalue weighted by Crippen LogP contribution is 2.30. The van der Waals surface area contributed by atoms with Gasteiger partial charge in [0.2, 0.25) is 5.91 Å². The molecule has 1 N–H and O–H groups in total. The van der Waals surface area contributed by atoms with Crippen molar-refractivity contribution in [2.45, 2.75) is 26.4 Å². The number of carbonyl (C=O) groups is 2. The number of ether oxygens (including phenoxy) is 1. The van der Waals surface area contributed by atoms with Crippen molar-refractivity contribution in [1.82, 2.24) is 9.88 Å². The van der Waals surface area contributed by atoms with E-state index in [0.29, 0.717) is 41.9 Å². The zero-order valence-corrected chi connectivity index (χ0v) is 18.7. The van der Waals surface area contributed by atoms with Crippen molar-refractivity contribution in [3.63, 3.8) is 0 Å². The van der Waals surface area contributed by atoms with E-state index < -0.39 is 17.7 Å². The molecule has 0 saturated carbocycles. The summed E-state index contributed by atoms with van der Waals surface area (Å²) in [6, 6.07) is 4.16. The lowest BCUT2D eigenvalue weighted by molar-refractivity contribution is -0.137. The Bertz CT molecular complexity index is 947. The average Bonchev–Trinajstić information content (AvgIpc) is 2.94. The number of pyridine rings is 1. The second kappa shape index (κ2) is 10.3. The lowest BCUT2D eigenvalue weighted by Gasteiger charge is -2.22. The van der Waals surface area contributed by atoms with Crippen LogP contribution in [0.3, 0.4) is 0 Å². The summed E-state index contributed by atoms with van der Waals surface area (Å²) in [5, 5.41) is 3.41. The third-order valence-electron chi connectivity index (χ3n) is 5.00. The number of carbonyl (C=O) groups excluding carboxylic acids is 2. The molecule has 2 aromatic rings.